The number of carbonyl (C=O) groups excluding carboxylic acids is 1. The van der Waals surface area contributed by atoms with Gasteiger partial charge in [0.1, 0.15) is 11.5 Å². The summed E-state index contributed by atoms with van der Waals surface area (Å²) in [6.07, 6.45) is 1.02. The number of hydrogen-bond acceptors (Lipinski definition) is 4. The number of hydrogen-bond donors (Lipinski definition) is 1. The van der Waals surface area contributed by atoms with Gasteiger partial charge in [0, 0.05) is 17.9 Å². The van der Waals surface area contributed by atoms with Crippen LogP contribution in [0.2, 0.25) is 0 Å². The number of rotatable bonds is 6. The van der Waals surface area contributed by atoms with Crippen molar-refractivity contribution in [2.45, 2.75) is 46.0 Å². The molecule has 0 atom stereocenters. The number of aryl methyl sites for hydroxylation is 1. The SMILES string of the molecule is Cc1cccc(OCCCC(=O)Nc2cc(C(C)(C)C)on2)c1. The molecule has 1 amide bonds. The van der Waals surface area contributed by atoms with E-state index in [4.69, 9.17) is 9.26 Å². The molecule has 0 spiro atoms. The van der Waals surface area contributed by atoms with E-state index < -0.39 is 0 Å². The van der Waals surface area contributed by atoms with Crippen molar-refractivity contribution in [1.29, 1.82) is 0 Å². The van der Waals surface area contributed by atoms with Gasteiger partial charge in [0.05, 0.1) is 6.61 Å². The van der Waals surface area contributed by atoms with Crippen LogP contribution in [0.1, 0.15) is 44.9 Å². The standard InChI is InChI=1S/C18H24N2O3/c1-13-7-5-8-14(11-13)22-10-6-9-17(21)19-16-12-15(23-20-16)18(2,3)4/h5,7-8,11-12H,6,9-10H2,1-4H3,(H,19,20,21). The van der Waals surface area contributed by atoms with E-state index in [1.807, 2.05) is 52.0 Å². The van der Waals surface area contributed by atoms with Crippen LogP contribution in [0.25, 0.3) is 0 Å². The minimum Gasteiger partial charge on any atom is -0.494 e. The summed E-state index contributed by atoms with van der Waals surface area (Å²) in [5.74, 6) is 1.94. The lowest BCUT2D eigenvalue weighted by atomic mass is 9.93. The number of aromatic nitrogens is 1. The maximum Gasteiger partial charge on any atom is 0.225 e. The molecule has 0 bridgehead atoms. The second-order valence-corrected chi connectivity index (χ2v) is 6.64. The number of ether oxygens (including phenoxy) is 1. The Hall–Kier alpha value is -2.30. The van der Waals surface area contributed by atoms with Crippen molar-refractivity contribution in [2.75, 3.05) is 11.9 Å². The van der Waals surface area contributed by atoms with Gasteiger partial charge in [-0.1, -0.05) is 38.1 Å². The molecular weight excluding hydrogens is 292 g/mol. The molecule has 1 aromatic carbocycles. The van der Waals surface area contributed by atoms with E-state index in [1.165, 1.54) is 0 Å². The lowest BCUT2D eigenvalue weighted by Crippen LogP contribution is -2.13. The van der Waals surface area contributed by atoms with Crippen molar-refractivity contribution in [3.8, 4) is 5.75 Å². The van der Waals surface area contributed by atoms with Crippen molar-refractivity contribution in [3.63, 3.8) is 0 Å². The minimum absolute atomic E-state index is 0.0911. The number of amides is 1. The van der Waals surface area contributed by atoms with E-state index in [0.29, 0.717) is 25.3 Å². The predicted molar refractivity (Wildman–Crippen MR) is 89.7 cm³/mol. The highest BCUT2D eigenvalue weighted by atomic mass is 16.5. The van der Waals surface area contributed by atoms with Gasteiger partial charge in [-0.3, -0.25) is 4.79 Å². The van der Waals surface area contributed by atoms with E-state index >= 15 is 0 Å². The summed E-state index contributed by atoms with van der Waals surface area (Å²) in [4.78, 5) is 11.9. The lowest BCUT2D eigenvalue weighted by molar-refractivity contribution is -0.116. The second-order valence-electron chi connectivity index (χ2n) is 6.64. The molecule has 0 fully saturated rings. The molecule has 124 valence electrons. The Morgan fingerprint density at radius 1 is 1.30 bits per heavy atom. The quantitative estimate of drug-likeness (QED) is 0.816. The van der Waals surface area contributed by atoms with E-state index in [9.17, 15) is 4.79 Å². The van der Waals surface area contributed by atoms with Crippen molar-refractivity contribution < 1.29 is 14.1 Å². The van der Waals surface area contributed by atoms with Crippen LogP contribution in [0.5, 0.6) is 5.75 Å². The van der Waals surface area contributed by atoms with Gasteiger partial charge in [0.15, 0.2) is 5.82 Å². The Balaban J connectivity index is 1.72. The first-order valence-electron chi connectivity index (χ1n) is 7.81. The molecule has 0 saturated heterocycles. The highest BCUT2D eigenvalue weighted by Gasteiger charge is 2.20. The molecule has 5 heteroatoms. The maximum atomic E-state index is 11.9. The molecule has 0 saturated carbocycles. The monoisotopic (exact) mass is 316 g/mol. The highest BCUT2D eigenvalue weighted by molar-refractivity contribution is 5.89. The summed E-state index contributed by atoms with van der Waals surface area (Å²) in [6.45, 7) is 8.61. The van der Waals surface area contributed by atoms with Crippen molar-refractivity contribution in [3.05, 3.63) is 41.7 Å². The Morgan fingerprint density at radius 2 is 2.09 bits per heavy atom. The van der Waals surface area contributed by atoms with Gasteiger partial charge in [-0.25, -0.2) is 0 Å². The van der Waals surface area contributed by atoms with E-state index in [2.05, 4.69) is 10.5 Å². The highest BCUT2D eigenvalue weighted by Crippen LogP contribution is 2.24. The average Bonchev–Trinajstić information content (AvgIpc) is 2.92. The van der Waals surface area contributed by atoms with Crippen LogP contribution >= 0.6 is 0 Å². The molecule has 0 aliphatic heterocycles. The van der Waals surface area contributed by atoms with Gasteiger partial charge in [-0.15, -0.1) is 0 Å². The van der Waals surface area contributed by atoms with E-state index in [-0.39, 0.29) is 11.3 Å². The van der Waals surface area contributed by atoms with Gasteiger partial charge in [0.25, 0.3) is 0 Å². The van der Waals surface area contributed by atoms with Gasteiger partial charge < -0.3 is 14.6 Å². The molecule has 0 unspecified atom stereocenters. The average molecular weight is 316 g/mol. The molecule has 0 aliphatic rings. The number of benzene rings is 1. The fraction of sp³-hybridized carbons (Fsp3) is 0.444. The van der Waals surface area contributed by atoms with Crippen molar-refractivity contribution in [1.82, 2.24) is 5.16 Å². The van der Waals surface area contributed by atoms with Gasteiger partial charge in [-0.05, 0) is 31.0 Å². The Kier molecular flexibility index (Phi) is 5.42. The maximum absolute atomic E-state index is 11.9. The molecule has 2 rings (SSSR count). The fourth-order valence-corrected chi connectivity index (χ4v) is 2.02. The molecule has 0 radical (unpaired) electrons. The Labute approximate surface area is 137 Å². The third kappa shape index (κ3) is 5.43. The molecule has 1 aromatic heterocycles. The summed E-state index contributed by atoms with van der Waals surface area (Å²) >= 11 is 0. The number of nitrogens with one attached hydrogen (secondary N) is 1. The summed E-state index contributed by atoms with van der Waals surface area (Å²) in [7, 11) is 0. The van der Waals surface area contributed by atoms with Crippen LogP contribution in [-0.4, -0.2) is 17.7 Å². The summed E-state index contributed by atoms with van der Waals surface area (Å²) in [5, 5.41) is 6.61. The predicted octanol–water partition coefficient (Wildman–Crippen LogP) is 4.08. The van der Waals surface area contributed by atoms with Crippen LogP contribution < -0.4 is 10.1 Å². The molecular formula is C18H24N2O3. The fourth-order valence-electron chi connectivity index (χ4n) is 2.02. The molecule has 0 aliphatic carbocycles. The van der Waals surface area contributed by atoms with Crippen molar-refractivity contribution in [2.24, 2.45) is 0 Å². The lowest BCUT2D eigenvalue weighted by Gasteiger charge is -2.12. The largest absolute Gasteiger partial charge is 0.494 e. The van der Waals surface area contributed by atoms with Crippen molar-refractivity contribution >= 4 is 11.7 Å². The van der Waals surface area contributed by atoms with Crippen LogP contribution in [0.4, 0.5) is 5.82 Å². The molecule has 5 nitrogen and oxygen atoms in total. The summed E-state index contributed by atoms with van der Waals surface area (Å²) < 4.78 is 10.9. The van der Waals surface area contributed by atoms with Gasteiger partial charge in [0.2, 0.25) is 5.91 Å². The first-order chi connectivity index (χ1) is 10.8. The van der Waals surface area contributed by atoms with E-state index in [1.54, 1.807) is 6.07 Å². The Morgan fingerprint density at radius 3 is 2.74 bits per heavy atom. The second kappa shape index (κ2) is 7.31. The molecule has 1 heterocycles. The zero-order valence-corrected chi connectivity index (χ0v) is 14.2. The zero-order valence-electron chi connectivity index (χ0n) is 14.2. The molecule has 2 aromatic rings. The summed E-state index contributed by atoms with van der Waals surface area (Å²) in [5.41, 5.74) is 1.03. The first kappa shape index (κ1) is 17.1. The van der Waals surface area contributed by atoms with Crippen LogP contribution in [0.3, 0.4) is 0 Å². The first-order valence-corrected chi connectivity index (χ1v) is 7.81. The number of nitrogens with zero attached hydrogens (tertiary/aromatic N) is 1. The number of carbonyl (C=O) groups is 1. The van der Waals surface area contributed by atoms with E-state index in [0.717, 1.165) is 17.1 Å². The summed E-state index contributed by atoms with van der Waals surface area (Å²) in [6, 6.07) is 9.62. The van der Waals surface area contributed by atoms with Gasteiger partial charge >= 0.3 is 0 Å². The minimum atomic E-state index is -0.127. The number of anilines is 1. The topological polar surface area (TPSA) is 64.4 Å². The smallest absolute Gasteiger partial charge is 0.225 e. The van der Waals surface area contributed by atoms with Crippen LogP contribution in [0.15, 0.2) is 34.9 Å². The normalized spacial score (nSPS) is 11.3. The van der Waals surface area contributed by atoms with Crippen LogP contribution in [-0.2, 0) is 10.2 Å². The third-order valence-electron chi connectivity index (χ3n) is 3.32. The Bertz CT molecular complexity index is 656. The third-order valence-corrected chi connectivity index (χ3v) is 3.32. The van der Waals surface area contributed by atoms with Gasteiger partial charge in [-0.2, -0.15) is 0 Å². The zero-order chi connectivity index (χ0) is 16.9. The molecule has 23 heavy (non-hydrogen) atoms. The van der Waals surface area contributed by atoms with Crippen LogP contribution in [0, 0.1) is 6.92 Å². The molecule has 1 N–H and O–H groups in total.